The first kappa shape index (κ1) is 16.4. The lowest BCUT2D eigenvalue weighted by Gasteiger charge is -1.97. The third-order valence-electron chi connectivity index (χ3n) is 4.06. The first-order chi connectivity index (χ1) is 12.8. The van der Waals surface area contributed by atoms with Crippen molar-refractivity contribution >= 4 is 39.5 Å². The van der Waals surface area contributed by atoms with Gasteiger partial charge >= 0.3 is 0 Å². The zero-order valence-electron chi connectivity index (χ0n) is 14.5. The third kappa shape index (κ3) is 3.79. The fourth-order valence-electron chi connectivity index (χ4n) is 2.69. The number of fused-ring (bicyclic) bond motifs is 1. The van der Waals surface area contributed by atoms with Crippen molar-refractivity contribution in [1.29, 1.82) is 0 Å². The van der Waals surface area contributed by atoms with E-state index < -0.39 is 0 Å². The van der Waals surface area contributed by atoms with Crippen LogP contribution in [0.4, 0.5) is 5.69 Å². The third-order valence-corrected chi connectivity index (χ3v) is 5.12. The van der Waals surface area contributed by atoms with Crippen LogP contribution in [0.2, 0.25) is 0 Å². The molecule has 0 bridgehead atoms. The maximum atomic E-state index is 4.73. The number of benzene rings is 3. The first-order valence-corrected chi connectivity index (χ1v) is 9.33. The summed E-state index contributed by atoms with van der Waals surface area (Å²) >= 11 is 1.73. The number of aromatic nitrogens is 1. The van der Waals surface area contributed by atoms with Gasteiger partial charge in [0.05, 0.1) is 15.9 Å². The number of aryl methyl sites for hydroxylation is 1. The molecule has 1 heterocycles. The smallest absolute Gasteiger partial charge is 0.124 e. The molecule has 0 spiro atoms. The molecular weight excluding hydrogens is 336 g/mol. The highest BCUT2D eigenvalue weighted by molar-refractivity contribution is 7.21. The average Bonchev–Trinajstić information content (AvgIpc) is 3.10. The van der Waals surface area contributed by atoms with Crippen LogP contribution in [0.25, 0.3) is 26.9 Å². The maximum Gasteiger partial charge on any atom is 0.124 e. The molecule has 126 valence electrons. The van der Waals surface area contributed by atoms with E-state index in [0.717, 1.165) is 21.8 Å². The monoisotopic (exact) mass is 354 g/mol. The van der Waals surface area contributed by atoms with Gasteiger partial charge in [-0.25, -0.2) is 4.98 Å². The van der Waals surface area contributed by atoms with E-state index >= 15 is 0 Å². The Labute approximate surface area is 157 Å². The van der Waals surface area contributed by atoms with Crippen LogP contribution in [-0.4, -0.2) is 11.2 Å². The van der Waals surface area contributed by atoms with Crippen molar-refractivity contribution < 1.29 is 0 Å². The van der Waals surface area contributed by atoms with Crippen LogP contribution in [-0.2, 0) is 0 Å². The number of hydrogen-bond donors (Lipinski definition) is 0. The largest absolute Gasteiger partial charge is 0.257 e. The van der Waals surface area contributed by atoms with E-state index in [1.165, 1.54) is 15.8 Å². The van der Waals surface area contributed by atoms with E-state index in [4.69, 9.17) is 4.98 Å². The fourth-order valence-corrected chi connectivity index (χ4v) is 3.76. The van der Waals surface area contributed by atoms with Gasteiger partial charge < -0.3 is 0 Å². The van der Waals surface area contributed by atoms with Crippen LogP contribution < -0.4 is 0 Å². The van der Waals surface area contributed by atoms with E-state index in [1.54, 1.807) is 11.3 Å². The minimum absolute atomic E-state index is 0.934. The number of thiazole rings is 1. The summed E-state index contributed by atoms with van der Waals surface area (Å²) in [6, 6.07) is 24.8. The number of hydrogen-bond acceptors (Lipinski definition) is 3. The fraction of sp³-hybridized carbons (Fsp3) is 0.0435. The van der Waals surface area contributed by atoms with Gasteiger partial charge in [0.25, 0.3) is 0 Å². The topological polar surface area (TPSA) is 25.2 Å². The molecule has 0 fully saturated rings. The standard InChI is InChI=1S/C23H18N2S/c1-17-9-14-21-22(16-17)26-23(25-21)19-10-12-20(13-11-19)24-15-5-8-18-6-3-2-4-7-18/h2-16H,1H3. The van der Waals surface area contributed by atoms with E-state index in [-0.39, 0.29) is 0 Å². The van der Waals surface area contributed by atoms with Crippen molar-refractivity contribution in [2.75, 3.05) is 0 Å². The molecule has 0 aliphatic carbocycles. The molecule has 0 amide bonds. The Morgan fingerprint density at radius 3 is 2.54 bits per heavy atom. The highest BCUT2D eigenvalue weighted by Crippen LogP contribution is 2.31. The van der Waals surface area contributed by atoms with Crippen molar-refractivity contribution in [3.05, 3.63) is 90.0 Å². The summed E-state index contributed by atoms with van der Waals surface area (Å²) in [6.45, 7) is 2.11. The van der Waals surface area contributed by atoms with Gasteiger partial charge in [0.15, 0.2) is 0 Å². The van der Waals surface area contributed by atoms with E-state index in [1.807, 2.05) is 48.7 Å². The molecule has 0 aliphatic heterocycles. The molecule has 0 saturated carbocycles. The Morgan fingerprint density at radius 1 is 0.923 bits per heavy atom. The second-order valence-electron chi connectivity index (χ2n) is 6.09. The van der Waals surface area contributed by atoms with Gasteiger partial charge in [0, 0.05) is 11.8 Å². The molecule has 0 radical (unpaired) electrons. The highest BCUT2D eigenvalue weighted by atomic mass is 32.1. The zero-order valence-corrected chi connectivity index (χ0v) is 15.3. The number of aliphatic imine (C=N–C) groups is 1. The molecule has 0 saturated heterocycles. The minimum atomic E-state index is 0.934. The Hall–Kier alpha value is -3.04. The summed E-state index contributed by atoms with van der Waals surface area (Å²) in [7, 11) is 0. The molecule has 3 heteroatoms. The van der Waals surface area contributed by atoms with Crippen LogP contribution in [0.3, 0.4) is 0 Å². The zero-order chi connectivity index (χ0) is 17.8. The lowest BCUT2D eigenvalue weighted by Crippen LogP contribution is -1.75. The van der Waals surface area contributed by atoms with Crippen LogP contribution in [0, 0.1) is 6.92 Å². The molecule has 0 aliphatic rings. The van der Waals surface area contributed by atoms with E-state index in [0.29, 0.717) is 0 Å². The number of nitrogens with zero attached hydrogens (tertiary/aromatic N) is 2. The minimum Gasteiger partial charge on any atom is -0.257 e. The molecule has 0 atom stereocenters. The van der Waals surface area contributed by atoms with Gasteiger partial charge in [-0.2, -0.15) is 0 Å². The quantitative estimate of drug-likeness (QED) is 0.375. The van der Waals surface area contributed by atoms with E-state index in [9.17, 15) is 0 Å². The number of allylic oxidation sites excluding steroid dienone is 1. The Bertz CT molecular complexity index is 1070. The van der Waals surface area contributed by atoms with Gasteiger partial charge in [0.1, 0.15) is 5.01 Å². The molecule has 4 aromatic rings. The summed E-state index contributed by atoms with van der Waals surface area (Å²) in [5, 5.41) is 1.05. The second-order valence-corrected chi connectivity index (χ2v) is 7.12. The molecule has 1 aromatic heterocycles. The normalized spacial score (nSPS) is 11.7. The molecule has 0 N–H and O–H groups in total. The predicted molar refractivity (Wildman–Crippen MR) is 113 cm³/mol. The molecule has 0 unspecified atom stereocenters. The van der Waals surface area contributed by atoms with Crippen molar-refractivity contribution in [3.63, 3.8) is 0 Å². The van der Waals surface area contributed by atoms with Gasteiger partial charge in [-0.1, -0.05) is 42.5 Å². The SMILES string of the molecule is Cc1ccc2nc(-c3ccc(N=CC=Cc4ccccc4)cc3)sc2c1. The Morgan fingerprint density at radius 2 is 1.73 bits per heavy atom. The highest BCUT2D eigenvalue weighted by Gasteiger charge is 2.06. The van der Waals surface area contributed by atoms with E-state index in [2.05, 4.69) is 54.4 Å². The lowest BCUT2D eigenvalue weighted by molar-refractivity contribution is 1.45. The maximum absolute atomic E-state index is 4.73. The van der Waals surface area contributed by atoms with Crippen LogP contribution >= 0.6 is 11.3 Å². The summed E-state index contributed by atoms with van der Waals surface area (Å²) in [4.78, 5) is 9.21. The van der Waals surface area contributed by atoms with Crippen LogP contribution in [0.15, 0.2) is 83.9 Å². The van der Waals surface area contributed by atoms with Crippen molar-refractivity contribution in [2.45, 2.75) is 6.92 Å². The molecule has 2 nitrogen and oxygen atoms in total. The lowest BCUT2D eigenvalue weighted by atomic mass is 10.2. The van der Waals surface area contributed by atoms with Gasteiger partial charge in [-0.3, -0.25) is 4.99 Å². The van der Waals surface area contributed by atoms with Gasteiger partial charge in [-0.15, -0.1) is 11.3 Å². The van der Waals surface area contributed by atoms with Crippen LogP contribution in [0.1, 0.15) is 11.1 Å². The first-order valence-electron chi connectivity index (χ1n) is 8.51. The molecule has 4 rings (SSSR count). The predicted octanol–water partition coefficient (Wildman–Crippen LogP) is 6.69. The number of rotatable bonds is 4. The van der Waals surface area contributed by atoms with Crippen molar-refractivity contribution in [2.24, 2.45) is 4.99 Å². The Kier molecular flexibility index (Phi) is 4.71. The Balaban J connectivity index is 1.49. The van der Waals surface area contributed by atoms with Gasteiger partial charge in [-0.05, 0) is 60.5 Å². The van der Waals surface area contributed by atoms with Gasteiger partial charge in [0.2, 0.25) is 0 Å². The molecule has 26 heavy (non-hydrogen) atoms. The summed E-state index contributed by atoms with van der Waals surface area (Å²) in [6.07, 6.45) is 5.82. The molecule has 3 aromatic carbocycles. The van der Waals surface area contributed by atoms with Crippen LogP contribution in [0.5, 0.6) is 0 Å². The second kappa shape index (κ2) is 7.46. The summed E-state index contributed by atoms with van der Waals surface area (Å²) in [5.74, 6) is 0. The van der Waals surface area contributed by atoms with Crippen molar-refractivity contribution in [1.82, 2.24) is 4.98 Å². The average molecular weight is 354 g/mol. The molecular formula is C23H18N2S. The van der Waals surface area contributed by atoms with Crippen molar-refractivity contribution in [3.8, 4) is 10.6 Å². The summed E-state index contributed by atoms with van der Waals surface area (Å²) < 4.78 is 1.23. The summed E-state index contributed by atoms with van der Waals surface area (Å²) in [5.41, 5.74) is 5.55.